The summed E-state index contributed by atoms with van der Waals surface area (Å²) in [6.07, 6.45) is 11.4. The van der Waals surface area contributed by atoms with Crippen LogP contribution in [-0.2, 0) is 28.8 Å². The monoisotopic (exact) mass is 1110 g/mol. The maximum Gasteiger partial charge on any atom is 0.260 e. The summed E-state index contributed by atoms with van der Waals surface area (Å²) < 4.78 is 29.0. The van der Waals surface area contributed by atoms with Crippen LogP contribution in [-0.4, -0.2) is 135 Å². The highest BCUT2D eigenvalue weighted by Crippen LogP contribution is 2.41. The number of fused-ring (bicyclic) bond motifs is 2. The Hall–Kier alpha value is -8.81. The number of hydrogen-bond acceptors (Lipinski definition) is 14. The van der Waals surface area contributed by atoms with E-state index in [-0.39, 0.29) is 67.8 Å². The average Bonchev–Trinajstić information content (AvgIpc) is 4.10. The third kappa shape index (κ3) is 13.6. The van der Waals surface area contributed by atoms with E-state index in [9.17, 15) is 33.6 Å². The van der Waals surface area contributed by atoms with Crippen molar-refractivity contribution in [2.75, 3.05) is 52.9 Å². The molecule has 7 amide bonds. The number of rotatable bonds is 26. The van der Waals surface area contributed by atoms with Gasteiger partial charge in [0.25, 0.3) is 5.91 Å². The van der Waals surface area contributed by atoms with Crippen LogP contribution in [0, 0.1) is 18.3 Å². The van der Waals surface area contributed by atoms with Gasteiger partial charge in [-0.25, -0.2) is 0 Å². The lowest BCUT2D eigenvalue weighted by molar-refractivity contribution is -0.174. The number of aryl methyl sites for hydroxylation is 1. The Morgan fingerprint density at radius 3 is 2.09 bits per heavy atom. The Bertz CT molecular complexity index is 3150. The third-order valence-electron chi connectivity index (χ3n) is 14.7. The molecule has 1 fully saturated rings. The highest BCUT2D eigenvalue weighted by molar-refractivity contribution is 6.21. The Balaban J connectivity index is 0.781. The highest BCUT2D eigenvalue weighted by atomic mass is 16.5. The number of methoxy groups -OCH3 is 3. The Kier molecular flexibility index (Phi) is 18.7. The van der Waals surface area contributed by atoms with Gasteiger partial charge in [-0.15, -0.1) is 0 Å². The number of carbonyl (C=O) groups excluding carboxylic acids is 7. The van der Waals surface area contributed by atoms with Crippen molar-refractivity contribution in [1.29, 1.82) is 0 Å². The van der Waals surface area contributed by atoms with Crippen LogP contribution >= 0.6 is 0 Å². The van der Waals surface area contributed by atoms with E-state index in [4.69, 9.17) is 33.7 Å². The van der Waals surface area contributed by atoms with Crippen LogP contribution in [0.3, 0.4) is 0 Å². The minimum atomic E-state index is -0.956. The first-order valence-corrected chi connectivity index (χ1v) is 27.1. The first-order valence-electron chi connectivity index (χ1n) is 27.1. The molecule has 4 aliphatic rings. The van der Waals surface area contributed by atoms with Crippen LogP contribution in [0.15, 0.2) is 95.2 Å². The minimum Gasteiger partial charge on any atom is -0.497 e. The van der Waals surface area contributed by atoms with Crippen molar-refractivity contribution >= 4 is 82.5 Å². The van der Waals surface area contributed by atoms with Gasteiger partial charge in [0.1, 0.15) is 17.2 Å². The highest BCUT2D eigenvalue weighted by Gasteiger charge is 2.53. The number of unbranched alkanes of at least 4 members (excludes halogenated alkanes) is 2. The molecule has 4 aromatic carbocycles. The molecule has 3 unspecified atom stereocenters. The number of benzene rings is 4. The molecule has 81 heavy (non-hydrogen) atoms. The van der Waals surface area contributed by atoms with Gasteiger partial charge in [-0.3, -0.25) is 48.4 Å². The number of imide groups is 1. The smallest absolute Gasteiger partial charge is 0.260 e. The van der Waals surface area contributed by atoms with Gasteiger partial charge >= 0.3 is 0 Å². The number of β-lactam (4-membered cyclic amide) rings is 2. The van der Waals surface area contributed by atoms with Crippen molar-refractivity contribution in [3.63, 3.8) is 0 Å². The van der Waals surface area contributed by atoms with Gasteiger partial charge in [-0.1, -0.05) is 44.5 Å². The second kappa shape index (κ2) is 26.0. The molecule has 4 heterocycles. The van der Waals surface area contributed by atoms with Crippen LogP contribution in [0.25, 0.3) is 11.1 Å². The molecule has 0 bridgehead atoms. The van der Waals surface area contributed by atoms with E-state index in [0.717, 1.165) is 40.0 Å². The van der Waals surface area contributed by atoms with Crippen molar-refractivity contribution in [3.8, 4) is 28.7 Å². The Morgan fingerprint density at radius 2 is 1.43 bits per heavy atom. The van der Waals surface area contributed by atoms with E-state index in [1.807, 2.05) is 55.6 Å². The largest absolute Gasteiger partial charge is 0.497 e. The zero-order valence-electron chi connectivity index (χ0n) is 47.0. The van der Waals surface area contributed by atoms with Crippen LogP contribution in [0.4, 0.5) is 17.1 Å². The minimum absolute atomic E-state index is 0.173. The van der Waals surface area contributed by atoms with Crippen molar-refractivity contribution in [2.24, 2.45) is 21.3 Å². The predicted molar refractivity (Wildman–Crippen MR) is 306 cm³/mol. The first kappa shape index (κ1) is 58.3. The van der Waals surface area contributed by atoms with Crippen LogP contribution in [0.1, 0.15) is 99.7 Å². The number of likely N-dealkylation sites (tertiary alicyclic amines) is 1. The molecule has 4 aliphatic heterocycles. The zero-order valence-corrected chi connectivity index (χ0v) is 47.0. The molecule has 3 N–H and O–H groups in total. The maximum absolute atomic E-state index is 13.9. The molecule has 426 valence electrons. The van der Waals surface area contributed by atoms with Gasteiger partial charge in [0.15, 0.2) is 23.0 Å². The molecule has 4 aromatic rings. The van der Waals surface area contributed by atoms with Gasteiger partial charge < -0.3 is 49.4 Å². The van der Waals surface area contributed by atoms with Crippen LogP contribution < -0.4 is 39.6 Å². The molecular weight excluding hydrogens is 1040 g/mol. The number of ether oxygens (including phenoxy) is 5. The van der Waals surface area contributed by atoms with E-state index >= 15 is 0 Å². The molecule has 3 atom stereocenters. The Labute approximate surface area is 471 Å². The molecule has 0 aromatic heterocycles. The summed E-state index contributed by atoms with van der Waals surface area (Å²) in [4.78, 5) is 103. The number of nitrogens with one attached hydrogen (secondary N) is 3. The summed E-state index contributed by atoms with van der Waals surface area (Å²) in [5.74, 6) is 0.570. The number of carbonyl (C=O) groups is 7. The van der Waals surface area contributed by atoms with E-state index < -0.39 is 23.3 Å². The predicted octanol–water partition coefficient (Wildman–Crippen LogP) is 7.97. The molecule has 0 aliphatic carbocycles. The molecule has 8 rings (SSSR count). The summed E-state index contributed by atoms with van der Waals surface area (Å²) in [7, 11) is 4.72. The molecule has 1 saturated heterocycles. The lowest BCUT2D eigenvalue weighted by Gasteiger charge is -2.41. The quantitative estimate of drug-likeness (QED) is 0.0179. The lowest BCUT2D eigenvalue weighted by atomic mass is 9.82. The van der Waals surface area contributed by atoms with Gasteiger partial charge in [0.2, 0.25) is 35.9 Å². The standard InChI is InChI=1S/C61H70N8O12/c1-37(2)56(66-54(71)13-10-9-11-22-68-59(75)61(4,5)60(68)76)57(73)64-33-55(72)65-43-18-14-39(15-19-43)41-26-44(67(34-41)36-70)31-62-48-29-52(50(78-7)25-38(48)3)80-23-12-24-81-53-30-49-47(28-51(53)79-8)58(74)69-35-42(27-45(69)32-63-49)40-16-20-46(77-6)21-17-40/h14-21,25,28-32,34-37,44-45,56H,9-13,22-24,26-27,33H2,1-8H3,(H,64,73)(H,65,72)(H,66,71)/b62-31-. The maximum atomic E-state index is 13.9. The normalized spacial score (nSPS) is 17.4. The van der Waals surface area contributed by atoms with E-state index in [2.05, 4.69) is 16.0 Å². The van der Waals surface area contributed by atoms with Gasteiger partial charge in [0.05, 0.1) is 70.1 Å². The number of aliphatic imine (C=N–C) groups is 2. The number of anilines is 1. The molecule has 20 heteroatoms. The first-order chi connectivity index (χ1) is 38.9. The van der Waals surface area contributed by atoms with Gasteiger partial charge in [0, 0.05) is 74.9 Å². The zero-order chi connectivity index (χ0) is 58.0. The third-order valence-corrected chi connectivity index (χ3v) is 14.7. The van der Waals surface area contributed by atoms with Gasteiger partial charge in [-0.05, 0) is 104 Å². The summed E-state index contributed by atoms with van der Waals surface area (Å²) in [5, 5.41) is 8.18. The molecule has 0 radical (unpaired) electrons. The summed E-state index contributed by atoms with van der Waals surface area (Å²) >= 11 is 0. The van der Waals surface area contributed by atoms with E-state index in [0.29, 0.717) is 90.7 Å². The fraction of sp³-hybridized carbons (Fsp3) is 0.393. The van der Waals surface area contributed by atoms with Crippen molar-refractivity contribution in [1.82, 2.24) is 25.3 Å². The summed E-state index contributed by atoms with van der Waals surface area (Å²) in [5.41, 5.74) is 5.67. The van der Waals surface area contributed by atoms with Gasteiger partial charge in [-0.2, -0.15) is 0 Å². The number of hydrogen-bond donors (Lipinski definition) is 3. The van der Waals surface area contributed by atoms with Crippen molar-refractivity contribution in [2.45, 2.75) is 97.7 Å². The average molecular weight is 1110 g/mol. The summed E-state index contributed by atoms with van der Waals surface area (Å²) in [6.45, 7) is 9.28. The van der Waals surface area contributed by atoms with Crippen LogP contribution in [0.5, 0.6) is 28.7 Å². The second-order valence-corrected chi connectivity index (χ2v) is 21.1. The fourth-order valence-corrected chi connectivity index (χ4v) is 9.89. The topological polar surface area (TPSA) is 236 Å². The van der Waals surface area contributed by atoms with Crippen LogP contribution in [0.2, 0.25) is 0 Å². The SMILES string of the molecule is COc1ccc(C2=CN3C(=O)c4cc(OC)c(OCCCOc5cc(/N=C\C6CC(c7ccc(NC(=O)CNC(=O)C(NC(=O)CCCCCN8C(=O)C(C)(C)C8=O)C(C)C)cc7)=CN6C=O)c(C)cc5OC)cc4N=CC3C2)cc1. The van der Waals surface area contributed by atoms with E-state index in [1.54, 1.807) is 101 Å². The second-order valence-electron chi connectivity index (χ2n) is 21.1. The molecule has 0 spiro atoms. The molecule has 0 saturated carbocycles. The Morgan fingerprint density at radius 1 is 0.778 bits per heavy atom. The fourth-order valence-electron chi connectivity index (χ4n) is 9.89. The molecular formula is C61H70N8O12. The van der Waals surface area contributed by atoms with Crippen molar-refractivity contribution in [3.05, 3.63) is 107 Å². The van der Waals surface area contributed by atoms with Crippen molar-refractivity contribution < 1.29 is 57.2 Å². The van der Waals surface area contributed by atoms with E-state index in [1.165, 1.54) is 12.0 Å². The lowest BCUT2D eigenvalue weighted by Crippen LogP contribution is -2.63. The summed E-state index contributed by atoms with van der Waals surface area (Å²) in [6, 6.07) is 20.5. The number of nitrogens with zero attached hydrogens (tertiary/aromatic N) is 5. The number of amides is 7. The molecule has 20 nitrogen and oxygen atoms in total.